The highest BCUT2D eigenvalue weighted by Gasteiger charge is 2.09. The molecule has 2 heterocycles. The quantitative estimate of drug-likeness (QED) is 0.701. The highest BCUT2D eigenvalue weighted by molar-refractivity contribution is 7.16. The van der Waals surface area contributed by atoms with E-state index in [9.17, 15) is 0 Å². The van der Waals surface area contributed by atoms with Crippen molar-refractivity contribution in [2.45, 2.75) is 27.2 Å². The minimum Gasteiger partial charge on any atom is -0.217 e. The van der Waals surface area contributed by atoms with Crippen molar-refractivity contribution in [1.82, 2.24) is 14.6 Å². The van der Waals surface area contributed by atoms with Crippen LogP contribution < -0.4 is 0 Å². The van der Waals surface area contributed by atoms with Crippen molar-refractivity contribution in [3.63, 3.8) is 0 Å². The molecule has 4 heteroatoms. The second-order valence-corrected chi connectivity index (χ2v) is 5.54. The lowest BCUT2D eigenvalue weighted by Crippen LogP contribution is -1.85. The Labute approximate surface area is 110 Å². The summed E-state index contributed by atoms with van der Waals surface area (Å²) < 4.78 is 1.88. The molecule has 0 saturated carbocycles. The molecule has 0 saturated heterocycles. The Morgan fingerprint density at radius 3 is 2.72 bits per heavy atom. The van der Waals surface area contributed by atoms with Crippen molar-refractivity contribution >= 4 is 16.3 Å². The van der Waals surface area contributed by atoms with Gasteiger partial charge in [-0.05, 0) is 37.5 Å². The highest BCUT2D eigenvalue weighted by atomic mass is 32.1. The van der Waals surface area contributed by atoms with Crippen LogP contribution in [0.5, 0.6) is 0 Å². The van der Waals surface area contributed by atoms with Crippen LogP contribution in [0.25, 0.3) is 16.2 Å². The molecule has 2 aromatic heterocycles. The Kier molecular flexibility index (Phi) is 2.67. The van der Waals surface area contributed by atoms with Gasteiger partial charge in [0.25, 0.3) is 0 Å². The van der Waals surface area contributed by atoms with Gasteiger partial charge in [-0.15, -0.1) is 0 Å². The van der Waals surface area contributed by atoms with Crippen LogP contribution in [-0.4, -0.2) is 14.6 Å². The van der Waals surface area contributed by atoms with E-state index in [-0.39, 0.29) is 0 Å². The van der Waals surface area contributed by atoms with Gasteiger partial charge in [0.05, 0.1) is 11.9 Å². The van der Waals surface area contributed by atoms with Crippen LogP contribution >= 0.6 is 11.3 Å². The summed E-state index contributed by atoms with van der Waals surface area (Å²) in [5.74, 6) is 0. The fourth-order valence-corrected chi connectivity index (χ4v) is 2.74. The van der Waals surface area contributed by atoms with Gasteiger partial charge in [-0.25, -0.2) is 9.50 Å². The first-order valence-electron chi connectivity index (χ1n) is 6.10. The van der Waals surface area contributed by atoms with Crippen LogP contribution in [0.2, 0.25) is 0 Å². The molecule has 3 rings (SSSR count). The molecule has 0 N–H and O–H groups in total. The minimum absolute atomic E-state index is 0.965. The number of aryl methyl sites for hydroxylation is 3. The average Bonchev–Trinajstić information content (AvgIpc) is 2.90. The molecule has 0 radical (unpaired) electrons. The van der Waals surface area contributed by atoms with Crippen molar-refractivity contribution in [2.24, 2.45) is 0 Å². The lowest BCUT2D eigenvalue weighted by molar-refractivity contribution is 0.910. The summed E-state index contributed by atoms with van der Waals surface area (Å²) >= 11 is 1.66. The van der Waals surface area contributed by atoms with E-state index in [1.807, 2.05) is 10.7 Å². The van der Waals surface area contributed by atoms with E-state index in [0.29, 0.717) is 0 Å². The number of benzene rings is 1. The zero-order valence-corrected chi connectivity index (χ0v) is 11.6. The maximum atomic E-state index is 4.64. The van der Waals surface area contributed by atoms with Gasteiger partial charge in [0.1, 0.15) is 5.01 Å². The van der Waals surface area contributed by atoms with Crippen LogP contribution in [0.3, 0.4) is 0 Å². The molecule has 0 spiro atoms. The molecule has 0 atom stereocenters. The monoisotopic (exact) mass is 257 g/mol. The lowest BCUT2D eigenvalue weighted by atomic mass is 10.1. The van der Waals surface area contributed by atoms with E-state index in [1.54, 1.807) is 11.3 Å². The Bertz CT molecular complexity index is 677. The zero-order chi connectivity index (χ0) is 12.7. The number of nitrogens with zero attached hydrogens (tertiary/aromatic N) is 3. The zero-order valence-electron chi connectivity index (χ0n) is 10.8. The number of imidazole rings is 1. The van der Waals surface area contributed by atoms with Gasteiger partial charge in [0.2, 0.25) is 4.96 Å². The van der Waals surface area contributed by atoms with Crippen molar-refractivity contribution in [1.29, 1.82) is 0 Å². The minimum atomic E-state index is 0.965. The fraction of sp³-hybridized carbons (Fsp3) is 0.286. The largest absolute Gasteiger partial charge is 0.217 e. The summed E-state index contributed by atoms with van der Waals surface area (Å²) in [6.45, 7) is 6.37. The number of aromatic nitrogens is 3. The van der Waals surface area contributed by atoms with E-state index in [0.717, 1.165) is 27.6 Å². The van der Waals surface area contributed by atoms with Crippen molar-refractivity contribution in [3.8, 4) is 11.3 Å². The number of hydrogen-bond donors (Lipinski definition) is 0. The summed E-state index contributed by atoms with van der Waals surface area (Å²) in [5, 5.41) is 5.62. The van der Waals surface area contributed by atoms with Crippen LogP contribution in [0, 0.1) is 13.8 Å². The maximum Gasteiger partial charge on any atom is 0.212 e. The molecular formula is C14H15N3S. The first-order chi connectivity index (χ1) is 8.67. The van der Waals surface area contributed by atoms with Gasteiger partial charge in [-0.1, -0.05) is 30.4 Å². The van der Waals surface area contributed by atoms with Crippen molar-refractivity contribution in [2.75, 3.05) is 0 Å². The first-order valence-corrected chi connectivity index (χ1v) is 6.91. The predicted octanol–water partition coefficient (Wildman–Crippen LogP) is 3.64. The lowest BCUT2D eigenvalue weighted by Gasteiger charge is -2.01. The molecule has 3 aromatic rings. The molecule has 0 aliphatic carbocycles. The van der Waals surface area contributed by atoms with Crippen LogP contribution in [0.1, 0.15) is 23.1 Å². The summed E-state index contributed by atoms with van der Waals surface area (Å²) in [6.07, 6.45) is 2.97. The molecule has 1 aromatic carbocycles. The van der Waals surface area contributed by atoms with E-state index >= 15 is 0 Å². The molecule has 92 valence electrons. The topological polar surface area (TPSA) is 30.2 Å². The van der Waals surface area contributed by atoms with E-state index in [2.05, 4.69) is 49.1 Å². The third kappa shape index (κ3) is 1.82. The summed E-state index contributed by atoms with van der Waals surface area (Å²) in [4.78, 5) is 5.61. The van der Waals surface area contributed by atoms with E-state index in [1.165, 1.54) is 11.1 Å². The van der Waals surface area contributed by atoms with Crippen LogP contribution in [0.15, 0.2) is 24.4 Å². The molecule has 0 amide bonds. The third-order valence-electron chi connectivity index (χ3n) is 3.19. The second kappa shape index (κ2) is 4.21. The predicted molar refractivity (Wildman–Crippen MR) is 75.2 cm³/mol. The van der Waals surface area contributed by atoms with Gasteiger partial charge >= 0.3 is 0 Å². The standard InChI is InChI=1S/C14H15N3S/c1-4-13-16-17-8-12(15-14(17)18-13)11-6-5-9(2)10(3)7-11/h5-8H,4H2,1-3H3. The van der Waals surface area contributed by atoms with Crippen molar-refractivity contribution in [3.05, 3.63) is 40.5 Å². The number of rotatable bonds is 2. The number of fused-ring (bicyclic) bond motifs is 1. The molecule has 0 bridgehead atoms. The fourth-order valence-electron chi connectivity index (χ4n) is 1.92. The molecule has 0 aliphatic heterocycles. The van der Waals surface area contributed by atoms with Gasteiger partial charge in [0.15, 0.2) is 0 Å². The molecule has 3 nitrogen and oxygen atoms in total. The van der Waals surface area contributed by atoms with Gasteiger partial charge in [-0.3, -0.25) is 0 Å². The molecule has 0 unspecified atom stereocenters. The molecule has 18 heavy (non-hydrogen) atoms. The van der Waals surface area contributed by atoms with Crippen LogP contribution in [-0.2, 0) is 6.42 Å². The average molecular weight is 257 g/mol. The Balaban J connectivity index is 2.07. The summed E-state index contributed by atoms with van der Waals surface area (Å²) in [5.41, 5.74) is 4.77. The Hall–Kier alpha value is -1.68. The third-order valence-corrected chi connectivity index (χ3v) is 4.26. The second-order valence-electron chi connectivity index (χ2n) is 4.50. The molecule has 0 aliphatic rings. The Morgan fingerprint density at radius 1 is 1.22 bits per heavy atom. The molecular weight excluding hydrogens is 242 g/mol. The first kappa shape index (κ1) is 11.4. The normalized spacial score (nSPS) is 11.3. The SMILES string of the molecule is CCc1nn2cc(-c3ccc(C)c(C)c3)nc2s1. The summed E-state index contributed by atoms with van der Waals surface area (Å²) in [7, 11) is 0. The van der Waals surface area contributed by atoms with Gasteiger partial charge in [0, 0.05) is 5.56 Å². The molecule has 0 fully saturated rings. The van der Waals surface area contributed by atoms with E-state index < -0.39 is 0 Å². The summed E-state index contributed by atoms with van der Waals surface area (Å²) in [6, 6.07) is 6.45. The number of hydrogen-bond acceptors (Lipinski definition) is 3. The van der Waals surface area contributed by atoms with E-state index in [4.69, 9.17) is 0 Å². The van der Waals surface area contributed by atoms with Crippen LogP contribution in [0.4, 0.5) is 0 Å². The highest BCUT2D eigenvalue weighted by Crippen LogP contribution is 2.24. The van der Waals surface area contributed by atoms with Gasteiger partial charge in [-0.2, -0.15) is 5.10 Å². The smallest absolute Gasteiger partial charge is 0.212 e. The van der Waals surface area contributed by atoms with Gasteiger partial charge < -0.3 is 0 Å². The Morgan fingerprint density at radius 2 is 2.06 bits per heavy atom. The van der Waals surface area contributed by atoms with Crippen molar-refractivity contribution < 1.29 is 0 Å². The maximum absolute atomic E-state index is 4.64.